The fraction of sp³-hybridized carbons (Fsp3) is 0.320. The zero-order valence-corrected chi connectivity index (χ0v) is 16.9. The van der Waals surface area contributed by atoms with E-state index in [4.69, 9.17) is 9.97 Å². The van der Waals surface area contributed by atoms with Crippen LogP contribution in [0.15, 0.2) is 55.1 Å². The zero-order chi connectivity index (χ0) is 19.6. The van der Waals surface area contributed by atoms with E-state index in [0.29, 0.717) is 0 Å². The molecular formula is C25H26N4. The molecule has 0 spiro atoms. The Morgan fingerprint density at radius 1 is 0.966 bits per heavy atom. The normalized spacial score (nSPS) is 13.1. The molecule has 0 saturated heterocycles. The van der Waals surface area contributed by atoms with Crippen LogP contribution < -0.4 is 0 Å². The Labute approximate surface area is 171 Å². The first-order valence-corrected chi connectivity index (χ1v) is 10.7. The number of unbranched alkanes of at least 4 members (excludes halogenated alkanes) is 1. The Balaban J connectivity index is 1.60. The van der Waals surface area contributed by atoms with Crippen LogP contribution in [0.2, 0.25) is 0 Å². The maximum Gasteiger partial charge on any atom is 0.164 e. The van der Waals surface area contributed by atoms with Gasteiger partial charge in [-0.15, -0.1) is 0 Å². The number of hydrogen-bond donors (Lipinski definition) is 0. The number of imidazole rings is 1. The number of rotatable bonds is 6. The van der Waals surface area contributed by atoms with Crippen molar-refractivity contribution >= 4 is 11.2 Å². The van der Waals surface area contributed by atoms with Crippen LogP contribution in [-0.4, -0.2) is 19.5 Å². The smallest absolute Gasteiger partial charge is 0.164 e. The average molecular weight is 383 g/mol. The first-order valence-electron chi connectivity index (χ1n) is 10.7. The molecule has 4 heteroatoms. The van der Waals surface area contributed by atoms with Gasteiger partial charge in [0.15, 0.2) is 5.65 Å². The van der Waals surface area contributed by atoms with Crippen molar-refractivity contribution in [1.29, 1.82) is 0 Å². The van der Waals surface area contributed by atoms with Crippen molar-refractivity contribution in [2.75, 3.05) is 0 Å². The van der Waals surface area contributed by atoms with E-state index in [1.54, 1.807) is 6.33 Å². The van der Waals surface area contributed by atoms with Crippen LogP contribution in [0.1, 0.15) is 48.4 Å². The van der Waals surface area contributed by atoms with E-state index < -0.39 is 0 Å². The summed E-state index contributed by atoms with van der Waals surface area (Å²) in [6, 6.07) is 15.3. The standard InChI is InChI=1S/C25H26N4/c1-2-3-10-21-13-19-11-7-12-20(19)14-22(21)23-24-25(27-16-26-23)29(17-28-24)15-18-8-5-4-6-9-18/h4-6,8-9,13-14,16-17H,2-3,7,10-12,15H2,1H3. The largest absolute Gasteiger partial charge is 0.311 e. The molecule has 29 heavy (non-hydrogen) atoms. The quantitative estimate of drug-likeness (QED) is 0.450. The van der Waals surface area contributed by atoms with Gasteiger partial charge in [0.05, 0.1) is 12.9 Å². The summed E-state index contributed by atoms with van der Waals surface area (Å²) >= 11 is 0. The molecule has 1 aliphatic carbocycles. The van der Waals surface area contributed by atoms with Gasteiger partial charge in [-0.2, -0.15) is 0 Å². The first-order chi connectivity index (χ1) is 14.3. The average Bonchev–Trinajstić information content (AvgIpc) is 3.39. The summed E-state index contributed by atoms with van der Waals surface area (Å²) in [5.41, 5.74) is 9.69. The minimum atomic E-state index is 0.765. The molecular weight excluding hydrogens is 356 g/mol. The lowest BCUT2D eigenvalue weighted by Crippen LogP contribution is -2.01. The highest BCUT2D eigenvalue weighted by atomic mass is 15.1. The molecule has 4 aromatic rings. The number of fused-ring (bicyclic) bond motifs is 2. The van der Waals surface area contributed by atoms with Gasteiger partial charge >= 0.3 is 0 Å². The van der Waals surface area contributed by atoms with Gasteiger partial charge in [0, 0.05) is 5.56 Å². The lowest BCUT2D eigenvalue weighted by molar-refractivity contribution is 0.794. The highest BCUT2D eigenvalue weighted by molar-refractivity contribution is 5.88. The van der Waals surface area contributed by atoms with Crippen molar-refractivity contribution in [2.45, 2.75) is 52.0 Å². The van der Waals surface area contributed by atoms with Gasteiger partial charge in [-0.1, -0.05) is 49.7 Å². The third-order valence-electron chi connectivity index (χ3n) is 5.97. The molecule has 4 nitrogen and oxygen atoms in total. The topological polar surface area (TPSA) is 43.6 Å². The predicted molar refractivity (Wildman–Crippen MR) is 117 cm³/mol. The third kappa shape index (κ3) is 3.44. The van der Waals surface area contributed by atoms with Crippen molar-refractivity contribution in [2.24, 2.45) is 0 Å². The van der Waals surface area contributed by atoms with Gasteiger partial charge in [0.2, 0.25) is 0 Å². The monoisotopic (exact) mass is 382 g/mol. The maximum absolute atomic E-state index is 4.74. The molecule has 1 aliphatic rings. The molecule has 2 heterocycles. The molecule has 2 aromatic carbocycles. The lowest BCUT2D eigenvalue weighted by atomic mass is 9.94. The van der Waals surface area contributed by atoms with Crippen molar-refractivity contribution in [3.63, 3.8) is 0 Å². The number of aryl methyl sites for hydroxylation is 3. The summed E-state index contributed by atoms with van der Waals surface area (Å²) in [7, 11) is 0. The molecule has 0 N–H and O–H groups in total. The van der Waals surface area contributed by atoms with Gasteiger partial charge in [0.25, 0.3) is 0 Å². The highest BCUT2D eigenvalue weighted by Crippen LogP contribution is 2.34. The summed E-state index contributed by atoms with van der Waals surface area (Å²) < 4.78 is 2.12. The number of aromatic nitrogens is 4. The number of nitrogens with zero attached hydrogens (tertiary/aromatic N) is 4. The van der Waals surface area contributed by atoms with Crippen LogP contribution in [0.25, 0.3) is 22.4 Å². The Morgan fingerprint density at radius 2 is 1.79 bits per heavy atom. The van der Waals surface area contributed by atoms with E-state index in [1.165, 1.54) is 59.9 Å². The number of benzene rings is 2. The zero-order valence-electron chi connectivity index (χ0n) is 16.9. The summed E-state index contributed by atoms with van der Waals surface area (Å²) in [5, 5.41) is 0. The molecule has 0 fully saturated rings. The Morgan fingerprint density at radius 3 is 2.62 bits per heavy atom. The van der Waals surface area contributed by atoms with E-state index in [9.17, 15) is 0 Å². The van der Waals surface area contributed by atoms with Crippen LogP contribution in [0.3, 0.4) is 0 Å². The predicted octanol–water partition coefficient (Wildman–Crippen LogP) is 5.37. The molecule has 146 valence electrons. The molecule has 5 rings (SSSR count). The van der Waals surface area contributed by atoms with Crippen molar-refractivity contribution < 1.29 is 0 Å². The molecule has 2 aromatic heterocycles. The van der Waals surface area contributed by atoms with Crippen molar-refractivity contribution in [3.8, 4) is 11.3 Å². The molecule has 0 atom stereocenters. The Kier molecular flexibility index (Phi) is 4.84. The first kappa shape index (κ1) is 18.0. The van der Waals surface area contributed by atoms with Crippen LogP contribution in [-0.2, 0) is 25.8 Å². The summed E-state index contributed by atoms with van der Waals surface area (Å²) in [6.45, 7) is 3.02. The highest BCUT2D eigenvalue weighted by Gasteiger charge is 2.19. The van der Waals surface area contributed by atoms with Crippen molar-refractivity contribution in [3.05, 3.63) is 77.4 Å². The molecule has 0 radical (unpaired) electrons. The molecule has 0 amide bonds. The minimum absolute atomic E-state index is 0.765. The van der Waals surface area contributed by atoms with Crippen LogP contribution in [0.5, 0.6) is 0 Å². The molecule has 0 aliphatic heterocycles. The van der Waals surface area contributed by atoms with Gasteiger partial charge in [0.1, 0.15) is 17.5 Å². The van der Waals surface area contributed by atoms with Crippen LogP contribution in [0.4, 0.5) is 0 Å². The second-order valence-electron chi connectivity index (χ2n) is 7.99. The lowest BCUT2D eigenvalue weighted by Gasteiger charge is -2.13. The summed E-state index contributed by atoms with van der Waals surface area (Å²) in [6.07, 6.45) is 10.7. The van der Waals surface area contributed by atoms with Crippen LogP contribution >= 0.6 is 0 Å². The van der Waals surface area contributed by atoms with Crippen molar-refractivity contribution in [1.82, 2.24) is 19.5 Å². The van der Waals surface area contributed by atoms with Gasteiger partial charge in [-0.05, 0) is 60.4 Å². The number of hydrogen-bond acceptors (Lipinski definition) is 3. The Bertz CT molecular complexity index is 1140. The van der Waals surface area contributed by atoms with E-state index >= 15 is 0 Å². The van der Waals surface area contributed by atoms with Gasteiger partial charge in [-0.25, -0.2) is 15.0 Å². The summed E-state index contributed by atoms with van der Waals surface area (Å²) in [5.74, 6) is 0. The minimum Gasteiger partial charge on any atom is -0.311 e. The maximum atomic E-state index is 4.74. The second kappa shape index (κ2) is 7.78. The van der Waals surface area contributed by atoms with Gasteiger partial charge in [-0.3, -0.25) is 0 Å². The SMILES string of the molecule is CCCCc1cc2c(cc1-c1ncnc3c1ncn3Cc1ccccc1)CCC2. The molecule has 0 bridgehead atoms. The van der Waals surface area contributed by atoms with Crippen LogP contribution in [0, 0.1) is 0 Å². The molecule has 0 saturated carbocycles. The molecule has 0 unspecified atom stereocenters. The van der Waals surface area contributed by atoms with Gasteiger partial charge < -0.3 is 4.57 Å². The van der Waals surface area contributed by atoms with E-state index in [2.05, 4.69) is 52.9 Å². The van der Waals surface area contributed by atoms with E-state index in [-0.39, 0.29) is 0 Å². The Hall–Kier alpha value is -3.01. The fourth-order valence-corrected chi connectivity index (χ4v) is 4.44. The third-order valence-corrected chi connectivity index (χ3v) is 5.97. The summed E-state index contributed by atoms with van der Waals surface area (Å²) in [4.78, 5) is 14.0. The van der Waals surface area contributed by atoms with E-state index in [1.807, 2.05) is 12.4 Å². The second-order valence-corrected chi connectivity index (χ2v) is 7.99. The van der Waals surface area contributed by atoms with E-state index in [0.717, 1.165) is 29.8 Å². The fourth-order valence-electron chi connectivity index (χ4n) is 4.44.